The molecule has 1 N–H and O–H groups in total. The zero-order valence-corrected chi connectivity index (χ0v) is 11.5. The number of carboxylic acid groups (broad SMARTS) is 1. The molecule has 6 nitrogen and oxygen atoms in total. The molecule has 2 rings (SSSR count). The molecule has 0 aliphatic carbocycles. The molecule has 0 saturated carbocycles. The molecule has 0 fully saturated rings. The molecule has 1 aromatic carbocycles. The molecular weight excluding hydrogens is 264 g/mol. The third kappa shape index (κ3) is 3.31. The van der Waals surface area contributed by atoms with Gasteiger partial charge in [0.1, 0.15) is 0 Å². The highest BCUT2D eigenvalue weighted by Gasteiger charge is 2.13. The van der Waals surface area contributed by atoms with Crippen LogP contribution >= 0.6 is 11.8 Å². The highest BCUT2D eigenvalue weighted by atomic mass is 32.2. The molecule has 1 aromatic heterocycles. The third-order valence-corrected chi connectivity index (χ3v) is 3.88. The summed E-state index contributed by atoms with van der Waals surface area (Å²) in [6, 6.07) is 7.57. The van der Waals surface area contributed by atoms with Crippen molar-refractivity contribution in [2.45, 2.75) is 23.8 Å². The van der Waals surface area contributed by atoms with E-state index in [-0.39, 0.29) is 0 Å². The van der Waals surface area contributed by atoms with Gasteiger partial charge in [-0.1, -0.05) is 36.0 Å². The van der Waals surface area contributed by atoms with Gasteiger partial charge in [-0.25, -0.2) is 4.68 Å². The Bertz CT molecular complexity index is 567. The van der Waals surface area contributed by atoms with Crippen molar-refractivity contribution >= 4 is 17.7 Å². The van der Waals surface area contributed by atoms with E-state index in [1.54, 1.807) is 18.7 Å². The van der Waals surface area contributed by atoms with Crippen LogP contribution in [0, 0.1) is 0 Å². The number of carbonyl (C=O) groups is 1. The van der Waals surface area contributed by atoms with Gasteiger partial charge in [0.25, 0.3) is 0 Å². The van der Waals surface area contributed by atoms with E-state index in [4.69, 9.17) is 5.11 Å². The fraction of sp³-hybridized carbons (Fsp3) is 0.333. The van der Waals surface area contributed by atoms with Crippen molar-refractivity contribution in [3.63, 3.8) is 0 Å². The highest BCUT2D eigenvalue weighted by Crippen LogP contribution is 2.21. The number of carboxylic acids is 1. The van der Waals surface area contributed by atoms with Crippen LogP contribution in [0.25, 0.3) is 0 Å². The van der Waals surface area contributed by atoms with Gasteiger partial charge in [0.15, 0.2) is 0 Å². The minimum atomic E-state index is -0.813. The molecular formula is C12H14N4O2S. The van der Waals surface area contributed by atoms with Gasteiger partial charge >= 0.3 is 5.97 Å². The molecule has 1 atom stereocenters. The lowest BCUT2D eigenvalue weighted by molar-refractivity contribution is -0.138. The molecule has 0 radical (unpaired) electrons. The van der Waals surface area contributed by atoms with Crippen LogP contribution in [-0.4, -0.2) is 31.3 Å². The Morgan fingerprint density at radius 3 is 2.63 bits per heavy atom. The second-order valence-electron chi connectivity index (χ2n) is 4.18. The summed E-state index contributed by atoms with van der Waals surface area (Å²) in [5, 5.41) is 20.9. The topological polar surface area (TPSA) is 80.9 Å². The maximum atomic E-state index is 10.9. The lowest BCUT2D eigenvalue weighted by Crippen LogP contribution is -2.07. The van der Waals surface area contributed by atoms with Crippen LogP contribution in [0.1, 0.15) is 24.0 Å². The Hall–Kier alpha value is -1.89. The fourth-order valence-electron chi connectivity index (χ4n) is 1.54. The van der Waals surface area contributed by atoms with Crippen LogP contribution in [0.5, 0.6) is 0 Å². The maximum absolute atomic E-state index is 10.9. The van der Waals surface area contributed by atoms with Crippen LogP contribution in [-0.2, 0) is 17.6 Å². The van der Waals surface area contributed by atoms with Crippen LogP contribution < -0.4 is 0 Å². The van der Waals surface area contributed by atoms with E-state index in [1.165, 1.54) is 11.8 Å². The van der Waals surface area contributed by atoms with Gasteiger partial charge in [0.05, 0.1) is 5.92 Å². The highest BCUT2D eigenvalue weighted by molar-refractivity contribution is 7.98. The molecule has 100 valence electrons. The van der Waals surface area contributed by atoms with Crippen LogP contribution in [0.2, 0.25) is 0 Å². The molecule has 2 aromatic rings. The predicted molar refractivity (Wildman–Crippen MR) is 70.9 cm³/mol. The lowest BCUT2D eigenvalue weighted by Gasteiger charge is -2.07. The lowest BCUT2D eigenvalue weighted by atomic mass is 10.0. The van der Waals surface area contributed by atoms with Crippen molar-refractivity contribution in [1.29, 1.82) is 0 Å². The smallest absolute Gasteiger partial charge is 0.310 e. The van der Waals surface area contributed by atoms with E-state index < -0.39 is 11.9 Å². The average Bonchev–Trinajstić information content (AvgIpc) is 2.81. The molecule has 0 aliphatic heterocycles. The molecule has 0 saturated heterocycles. The molecule has 0 amide bonds. The number of aromatic nitrogens is 4. The molecule has 0 aliphatic rings. The van der Waals surface area contributed by atoms with Gasteiger partial charge in [0, 0.05) is 12.8 Å². The number of tetrazole rings is 1. The number of aryl methyl sites for hydroxylation is 1. The summed E-state index contributed by atoms with van der Waals surface area (Å²) in [5.41, 5.74) is 1.91. The van der Waals surface area contributed by atoms with Crippen molar-refractivity contribution in [2.24, 2.45) is 7.05 Å². The first-order valence-electron chi connectivity index (χ1n) is 5.74. The van der Waals surface area contributed by atoms with Crippen LogP contribution in [0.3, 0.4) is 0 Å². The zero-order chi connectivity index (χ0) is 13.8. The molecule has 1 heterocycles. The van der Waals surface area contributed by atoms with E-state index >= 15 is 0 Å². The zero-order valence-electron chi connectivity index (χ0n) is 10.6. The Balaban J connectivity index is 1.99. The molecule has 19 heavy (non-hydrogen) atoms. The monoisotopic (exact) mass is 278 g/mol. The number of thioether (sulfide) groups is 1. The Morgan fingerprint density at radius 2 is 2.11 bits per heavy atom. The number of hydrogen-bond donors (Lipinski definition) is 1. The summed E-state index contributed by atoms with van der Waals surface area (Å²) in [6.07, 6.45) is 0. The standard InChI is InChI=1S/C12H14N4O2S/c1-8(11(17)18)10-5-3-9(4-6-10)7-19-12-13-14-15-16(12)2/h3-6,8H,7H2,1-2H3,(H,17,18). The Labute approximate surface area is 114 Å². The van der Waals surface area contributed by atoms with Gasteiger partial charge in [-0.15, -0.1) is 5.10 Å². The average molecular weight is 278 g/mol. The number of benzene rings is 1. The van der Waals surface area contributed by atoms with E-state index in [2.05, 4.69) is 15.5 Å². The van der Waals surface area contributed by atoms with Crippen molar-refractivity contribution in [1.82, 2.24) is 20.2 Å². The summed E-state index contributed by atoms with van der Waals surface area (Å²) in [4.78, 5) is 10.9. The second kappa shape index (κ2) is 5.83. The molecule has 0 bridgehead atoms. The van der Waals surface area contributed by atoms with Crippen molar-refractivity contribution in [3.05, 3.63) is 35.4 Å². The largest absolute Gasteiger partial charge is 0.481 e. The number of aliphatic carboxylic acids is 1. The first-order chi connectivity index (χ1) is 9.08. The first-order valence-corrected chi connectivity index (χ1v) is 6.73. The van der Waals surface area contributed by atoms with Gasteiger partial charge in [-0.2, -0.15) is 0 Å². The van der Waals surface area contributed by atoms with E-state index in [9.17, 15) is 4.79 Å². The summed E-state index contributed by atoms with van der Waals surface area (Å²) in [7, 11) is 1.79. The van der Waals surface area contributed by atoms with Gasteiger partial charge in [0.2, 0.25) is 5.16 Å². The minimum Gasteiger partial charge on any atom is -0.481 e. The number of rotatable bonds is 5. The minimum absolute atomic E-state index is 0.482. The summed E-state index contributed by atoms with van der Waals surface area (Å²) in [6.45, 7) is 1.68. The van der Waals surface area contributed by atoms with E-state index in [0.29, 0.717) is 0 Å². The van der Waals surface area contributed by atoms with Gasteiger partial charge in [-0.05, 0) is 28.5 Å². The fourth-order valence-corrected chi connectivity index (χ4v) is 2.34. The van der Waals surface area contributed by atoms with Gasteiger partial charge < -0.3 is 5.11 Å². The SMILES string of the molecule is CC(C(=O)O)c1ccc(CSc2nnnn2C)cc1. The normalized spacial score (nSPS) is 12.3. The van der Waals surface area contributed by atoms with Crippen molar-refractivity contribution in [2.75, 3.05) is 0 Å². The quantitative estimate of drug-likeness (QED) is 0.838. The Morgan fingerprint density at radius 1 is 1.42 bits per heavy atom. The second-order valence-corrected chi connectivity index (χ2v) is 5.12. The van der Waals surface area contributed by atoms with Gasteiger partial charge in [-0.3, -0.25) is 4.79 Å². The predicted octanol–water partition coefficient (Wildman–Crippen LogP) is 1.69. The molecule has 0 spiro atoms. The Kier molecular flexibility index (Phi) is 4.16. The first kappa shape index (κ1) is 13.5. The van der Waals surface area contributed by atoms with Crippen LogP contribution in [0.15, 0.2) is 29.4 Å². The summed E-state index contributed by atoms with van der Waals surface area (Å²) < 4.78 is 1.62. The van der Waals surface area contributed by atoms with Crippen molar-refractivity contribution in [3.8, 4) is 0 Å². The van der Waals surface area contributed by atoms with E-state index in [0.717, 1.165) is 22.0 Å². The van der Waals surface area contributed by atoms with E-state index in [1.807, 2.05) is 24.3 Å². The third-order valence-electron chi connectivity index (χ3n) is 2.80. The number of hydrogen-bond acceptors (Lipinski definition) is 5. The molecule has 7 heteroatoms. The summed E-state index contributed by atoms with van der Waals surface area (Å²) >= 11 is 1.54. The number of nitrogens with zero attached hydrogens (tertiary/aromatic N) is 4. The maximum Gasteiger partial charge on any atom is 0.310 e. The summed E-state index contributed by atoms with van der Waals surface area (Å²) in [5.74, 6) is -0.549. The van der Waals surface area contributed by atoms with Crippen molar-refractivity contribution < 1.29 is 9.90 Å². The van der Waals surface area contributed by atoms with Crippen LogP contribution in [0.4, 0.5) is 0 Å². The molecule has 1 unspecified atom stereocenters.